The number of carboxylic acids is 1. The highest BCUT2D eigenvalue weighted by Gasteiger charge is 2.36. The van der Waals surface area contributed by atoms with Crippen molar-refractivity contribution >= 4 is 46.3 Å². The number of anilines is 2. The minimum atomic E-state index is -0.780. The Morgan fingerprint density at radius 1 is 1.06 bits per heavy atom. The predicted octanol–water partition coefficient (Wildman–Crippen LogP) is 6.54. The fourth-order valence-electron chi connectivity index (χ4n) is 3.26. The molecule has 2 amide bonds. The van der Waals surface area contributed by atoms with Crippen molar-refractivity contribution in [2.45, 2.75) is 33.1 Å². The van der Waals surface area contributed by atoms with Crippen molar-refractivity contribution < 1.29 is 14.7 Å². The number of aromatic nitrogens is 1. The second kappa shape index (κ2) is 9.94. The zero-order valence-electron chi connectivity index (χ0n) is 17.3. The van der Waals surface area contributed by atoms with E-state index in [1.165, 1.54) is 11.3 Å². The van der Waals surface area contributed by atoms with E-state index in [1.807, 2.05) is 26.0 Å². The first kappa shape index (κ1) is 22.8. The summed E-state index contributed by atoms with van der Waals surface area (Å²) in [5, 5.41) is 16.4. The van der Waals surface area contributed by atoms with Crippen LogP contribution in [0.15, 0.2) is 54.7 Å². The maximum Gasteiger partial charge on any atom is 0.323 e. The van der Waals surface area contributed by atoms with Crippen LogP contribution in [0.4, 0.5) is 16.2 Å². The van der Waals surface area contributed by atoms with Gasteiger partial charge in [-0.1, -0.05) is 49.7 Å². The molecule has 0 aliphatic heterocycles. The maximum atomic E-state index is 12.2. The Morgan fingerprint density at radius 2 is 1.74 bits per heavy atom. The van der Waals surface area contributed by atoms with Crippen LogP contribution in [-0.4, -0.2) is 22.1 Å². The van der Waals surface area contributed by atoms with E-state index in [0.29, 0.717) is 35.7 Å². The summed E-state index contributed by atoms with van der Waals surface area (Å²) in [6, 6.07) is 14.0. The molecule has 0 fully saturated rings. The van der Waals surface area contributed by atoms with Crippen LogP contribution < -0.4 is 10.6 Å². The first-order valence-electron chi connectivity index (χ1n) is 9.98. The lowest BCUT2D eigenvalue weighted by molar-refractivity contribution is -0.149. The highest BCUT2D eigenvalue weighted by atomic mass is 35.5. The van der Waals surface area contributed by atoms with E-state index in [1.54, 1.807) is 42.6 Å². The van der Waals surface area contributed by atoms with Gasteiger partial charge >= 0.3 is 12.0 Å². The number of amides is 2. The van der Waals surface area contributed by atoms with Gasteiger partial charge in [-0.15, -0.1) is 11.3 Å². The molecule has 0 radical (unpaired) electrons. The van der Waals surface area contributed by atoms with Gasteiger partial charge in [0.05, 0.1) is 26.0 Å². The molecule has 0 aliphatic carbocycles. The summed E-state index contributed by atoms with van der Waals surface area (Å²) in [6.07, 6.45) is 3.31. The van der Waals surface area contributed by atoms with Crippen LogP contribution in [0.25, 0.3) is 10.4 Å². The Labute approximate surface area is 190 Å². The summed E-state index contributed by atoms with van der Waals surface area (Å²) in [6.45, 7) is 3.81. The molecule has 0 aliphatic rings. The number of rotatable bonds is 8. The lowest BCUT2D eigenvalue weighted by atomic mass is 9.79. The number of nitrogens with zero attached hydrogens (tertiary/aromatic N) is 1. The zero-order chi connectivity index (χ0) is 22.4. The molecule has 31 heavy (non-hydrogen) atoms. The number of urea groups is 1. The molecule has 0 bridgehead atoms. The fraction of sp³-hybridized carbons (Fsp3) is 0.261. The molecule has 162 valence electrons. The average Bonchev–Trinajstić information content (AvgIpc) is 3.22. The van der Waals surface area contributed by atoms with Gasteiger partial charge < -0.3 is 15.7 Å². The van der Waals surface area contributed by atoms with Crippen molar-refractivity contribution in [1.29, 1.82) is 0 Å². The Hall–Kier alpha value is -2.90. The Morgan fingerprint density at radius 3 is 2.35 bits per heavy atom. The van der Waals surface area contributed by atoms with Crippen molar-refractivity contribution in [3.8, 4) is 10.4 Å². The van der Waals surface area contributed by atoms with Gasteiger partial charge in [-0.05, 0) is 42.7 Å². The number of para-hydroxylation sites is 1. The predicted molar refractivity (Wildman–Crippen MR) is 126 cm³/mol. The Kier molecular flexibility index (Phi) is 7.30. The van der Waals surface area contributed by atoms with Crippen LogP contribution in [0.2, 0.25) is 5.02 Å². The van der Waals surface area contributed by atoms with E-state index in [-0.39, 0.29) is 6.03 Å². The minimum absolute atomic E-state index is 0.384. The van der Waals surface area contributed by atoms with Crippen LogP contribution in [0, 0.1) is 5.41 Å². The van der Waals surface area contributed by atoms with Gasteiger partial charge in [0.25, 0.3) is 0 Å². The van der Waals surface area contributed by atoms with Crippen molar-refractivity contribution in [1.82, 2.24) is 4.98 Å². The number of carbonyl (C=O) groups excluding carboxylic acids is 1. The Bertz CT molecular complexity index is 1060. The molecule has 3 N–H and O–H groups in total. The molecule has 2 aromatic carbocycles. The van der Waals surface area contributed by atoms with Crippen molar-refractivity contribution in [2.24, 2.45) is 5.41 Å². The van der Waals surface area contributed by atoms with E-state index >= 15 is 0 Å². The first-order valence-corrected chi connectivity index (χ1v) is 11.2. The molecule has 6 nitrogen and oxygen atoms in total. The number of carbonyl (C=O) groups is 2. The van der Waals surface area contributed by atoms with Crippen LogP contribution in [-0.2, 0) is 11.2 Å². The summed E-state index contributed by atoms with van der Waals surface area (Å²) in [5.41, 5.74) is 1.35. The lowest BCUT2D eigenvalue weighted by Gasteiger charge is -2.25. The summed E-state index contributed by atoms with van der Waals surface area (Å²) in [7, 11) is 0. The summed E-state index contributed by atoms with van der Waals surface area (Å²) < 4.78 is 0. The highest BCUT2D eigenvalue weighted by Crippen LogP contribution is 2.35. The number of nitrogens with one attached hydrogen (secondary N) is 2. The number of carboxylic acid groups (broad SMARTS) is 1. The fourth-order valence-corrected chi connectivity index (χ4v) is 4.51. The van der Waals surface area contributed by atoms with Crippen molar-refractivity contribution in [3.63, 3.8) is 0 Å². The van der Waals surface area contributed by atoms with E-state index in [9.17, 15) is 14.7 Å². The number of thiazole rings is 1. The van der Waals surface area contributed by atoms with Crippen molar-refractivity contribution in [2.75, 3.05) is 10.6 Å². The first-order chi connectivity index (χ1) is 14.9. The smallest absolute Gasteiger partial charge is 0.323 e. The van der Waals surface area contributed by atoms with Gasteiger partial charge in [0.15, 0.2) is 0 Å². The van der Waals surface area contributed by atoms with E-state index in [4.69, 9.17) is 11.6 Å². The number of hydrogen-bond acceptors (Lipinski definition) is 4. The molecule has 0 spiro atoms. The SMILES string of the molecule is CCC(CC)(Cc1ncc(-c2ccc(NC(=O)Nc3ccccc3Cl)cc2)s1)C(=O)O. The largest absolute Gasteiger partial charge is 0.481 e. The zero-order valence-corrected chi connectivity index (χ0v) is 18.9. The summed E-state index contributed by atoms with van der Waals surface area (Å²) in [5.74, 6) is -0.778. The lowest BCUT2D eigenvalue weighted by Crippen LogP contribution is -2.32. The molecule has 1 aromatic heterocycles. The van der Waals surface area contributed by atoms with E-state index < -0.39 is 11.4 Å². The van der Waals surface area contributed by atoms with E-state index in [2.05, 4.69) is 15.6 Å². The molecule has 0 unspecified atom stereocenters. The topological polar surface area (TPSA) is 91.3 Å². The average molecular weight is 458 g/mol. The standard InChI is InChI=1S/C23H24ClN3O3S/c1-3-23(4-2,21(28)29)13-20-25-14-19(31-20)15-9-11-16(12-10-15)26-22(30)27-18-8-6-5-7-17(18)24/h5-12,14H,3-4,13H2,1-2H3,(H,28,29)(H2,26,27,30). The molecular formula is C23H24ClN3O3S. The number of halogens is 1. The molecule has 0 saturated carbocycles. The van der Waals surface area contributed by atoms with Crippen molar-refractivity contribution in [3.05, 3.63) is 64.8 Å². The molecule has 3 rings (SSSR count). The number of hydrogen-bond donors (Lipinski definition) is 3. The second-order valence-electron chi connectivity index (χ2n) is 7.22. The normalized spacial score (nSPS) is 11.2. The summed E-state index contributed by atoms with van der Waals surface area (Å²) >= 11 is 7.55. The number of benzene rings is 2. The summed E-state index contributed by atoms with van der Waals surface area (Å²) in [4.78, 5) is 29.4. The van der Waals surface area contributed by atoms with Crippen LogP contribution >= 0.6 is 22.9 Å². The quantitative estimate of drug-likeness (QED) is 0.358. The van der Waals surface area contributed by atoms with Crippen LogP contribution in [0.3, 0.4) is 0 Å². The Balaban J connectivity index is 1.66. The van der Waals surface area contributed by atoms with E-state index in [0.717, 1.165) is 15.4 Å². The second-order valence-corrected chi connectivity index (χ2v) is 8.75. The van der Waals surface area contributed by atoms with Gasteiger partial charge in [-0.3, -0.25) is 4.79 Å². The molecule has 1 heterocycles. The van der Waals surface area contributed by atoms with Gasteiger partial charge in [0, 0.05) is 18.3 Å². The molecule has 0 atom stereocenters. The van der Waals surface area contributed by atoms with Gasteiger partial charge in [0.1, 0.15) is 0 Å². The minimum Gasteiger partial charge on any atom is -0.481 e. The molecule has 0 saturated heterocycles. The highest BCUT2D eigenvalue weighted by molar-refractivity contribution is 7.15. The number of aliphatic carboxylic acids is 1. The monoisotopic (exact) mass is 457 g/mol. The third kappa shape index (κ3) is 5.42. The molecule has 3 aromatic rings. The van der Waals surface area contributed by atoms with Crippen LogP contribution in [0.5, 0.6) is 0 Å². The van der Waals surface area contributed by atoms with Gasteiger partial charge in [0.2, 0.25) is 0 Å². The van der Waals surface area contributed by atoms with Gasteiger partial charge in [-0.2, -0.15) is 0 Å². The maximum absolute atomic E-state index is 12.2. The van der Waals surface area contributed by atoms with Crippen LogP contribution in [0.1, 0.15) is 31.7 Å². The third-order valence-corrected chi connectivity index (χ3v) is 6.78. The van der Waals surface area contributed by atoms with Gasteiger partial charge in [-0.25, -0.2) is 9.78 Å². The molecule has 8 heteroatoms. The molecular weight excluding hydrogens is 434 g/mol. The third-order valence-electron chi connectivity index (χ3n) is 5.40.